The van der Waals surface area contributed by atoms with E-state index in [2.05, 4.69) is 38.5 Å². The molecule has 24 heavy (non-hydrogen) atoms. The maximum Gasteiger partial charge on any atom is 0.325 e. The van der Waals surface area contributed by atoms with Crippen molar-refractivity contribution in [1.82, 2.24) is 5.32 Å². The lowest BCUT2D eigenvalue weighted by Crippen LogP contribution is -2.43. The monoisotopic (exact) mass is 437 g/mol. The van der Waals surface area contributed by atoms with Crippen LogP contribution in [0.5, 0.6) is 0 Å². The molecule has 0 spiro atoms. The third kappa shape index (κ3) is 5.23. The van der Waals surface area contributed by atoms with Gasteiger partial charge in [0.15, 0.2) is 0 Å². The molecule has 3 amide bonds. The first-order valence-corrected chi connectivity index (χ1v) is 8.64. The molecule has 0 radical (unpaired) electrons. The fourth-order valence-corrected chi connectivity index (χ4v) is 2.76. The van der Waals surface area contributed by atoms with Gasteiger partial charge in [-0.05, 0) is 73.2 Å². The van der Waals surface area contributed by atoms with Crippen molar-refractivity contribution in [2.45, 2.75) is 26.8 Å². The van der Waals surface area contributed by atoms with Gasteiger partial charge in [-0.3, -0.25) is 10.1 Å². The Morgan fingerprint density at radius 2 is 1.83 bits per heavy atom. The van der Waals surface area contributed by atoms with Crippen molar-refractivity contribution in [2.75, 3.05) is 10.6 Å². The summed E-state index contributed by atoms with van der Waals surface area (Å²) in [5.74, 6) is -0.392. The molecular formula is C18H20IN3O2. The second-order valence-corrected chi connectivity index (χ2v) is 6.88. The number of hydrogen-bond donors (Lipinski definition) is 3. The Morgan fingerprint density at radius 1 is 1.08 bits per heavy atom. The van der Waals surface area contributed by atoms with E-state index < -0.39 is 18.0 Å². The van der Waals surface area contributed by atoms with Crippen molar-refractivity contribution in [3.8, 4) is 0 Å². The molecule has 0 aliphatic carbocycles. The minimum absolute atomic E-state index is 0.392. The molecule has 0 saturated heterocycles. The summed E-state index contributed by atoms with van der Waals surface area (Å²) >= 11 is 2.20. The van der Waals surface area contributed by atoms with Crippen LogP contribution in [0.2, 0.25) is 0 Å². The molecule has 1 atom stereocenters. The molecule has 5 nitrogen and oxygen atoms in total. The van der Waals surface area contributed by atoms with Crippen LogP contribution in [0.4, 0.5) is 16.2 Å². The average molecular weight is 437 g/mol. The minimum atomic E-state index is -0.539. The fourth-order valence-electron chi connectivity index (χ4n) is 2.22. The lowest BCUT2D eigenvalue weighted by atomic mass is 10.1. The summed E-state index contributed by atoms with van der Waals surface area (Å²) in [6.45, 7) is 5.60. The molecule has 0 aliphatic rings. The van der Waals surface area contributed by atoms with E-state index in [9.17, 15) is 9.59 Å². The van der Waals surface area contributed by atoms with Crippen LogP contribution in [-0.2, 0) is 4.79 Å². The number of hydrogen-bond acceptors (Lipinski definition) is 3. The Bertz CT molecular complexity index is 762. The lowest BCUT2D eigenvalue weighted by molar-refractivity contribution is -0.120. The predicted molar refractivity (Wildman–Crippen MR) is 105 cm³/mol. The summed E-state index contributed by atoms with van der Waals surface area (Å²) < 4.78 is 1.07. The number of urea groups is 1. The first kappa shape index (κ1) is 18.3. The number of halogens is 1. The SMILES string of the molecule is Cc1ccc(NC(=O)NC(=O)C(C)Nc2cccc(I)c2)c(C)c1. The quantitative estimate of drug-likeness (QED) is 0.632. The van der Waals surface area contributed by atoms with E-state index in [1.807, 2.05) is 56.3 Å². The highest BCUT2D eigenvalue weighted by Gasteiger charge is 2.16. The second kappa shape index (κ2) is 8.14. The van der Waals surface area contributed by atoms with Gasteiger partial charge in [0, 0.05) is 14.9 Å². The third-order valence-electron chi connectivity index (χ3n) is 3.47. The Labute approximate surface area is 155 Å². The van der Waals surface area contributed by atoms with Crippen molar-refractivity contribution in [2.24, 2.45) is 0 Å². The zero-order chi connectivity index (χ0) is 17.7. The van der Waals surface area contributed by atoms with Gasteiger partial charge in [0.05, 0.1) is 0 Å². The minimum Gasteiger partial charge on any atom is -0.374 e. The first-order valence-electron chi connectivity index (χ1n) is 7.56. The topological polar surface area (TPSA) is 70.2 Å². The number of benzene rings is 2. The maximum absolute atomic E-state index is 12.1. The van der Waals surface area contributed by atoms with Crippen molar-refractivity contribution < 1.29 is 9.59 Å². The largest absolute Gasteiger partial charge is 0.374 e. The van der Waals surface area contributed by atoms with E-state index in [0.717, 1.165) is 20.4 Å². The van der Waals surface area contributed by atoms with Crippen LogP contribution in [0.25, 0.3) is 0 Å². The number of carbonyl (C=O) groups is 2. The van der Waals surface area contributed by atoms with Crippen molar-refractivity contribution in [3.63, 3.8) is 0 Å². The molecule has 2 aromatic carbocycles. The highest BCUT2D eigenvalue weighted by molar-refractivity contribution is 14.1. The van der Waals surface area contributed by atoms with Gasteiger partial charge < -0.3 is 10.6 Å². The molecule has 0 bridgehead atoms. The van der Waals surface area contributed by atoms with Crippen molar-refractivity contribution >= 4 is 45.9 Å². The van der Waals surface area contributed by atoms with Crippen LogP contribution in [0, 0.1) is 17.4 Å². The van der Waals surface area contributed by atoms with Gasteiger partial charge in [0.25, 0.3) is 0 Å². The first-order chi connectivity index (χ1) is 11.3. The predicted octanol–water partition coefficient (Wildman–Crippen LogP) is 4.06. The smallest absolute Gasteiger partial charge is 0.325 e. The van der Waals surface area contributed by atoms with E-state index in [-0.39, 0.29) is 0 Å². The number of amides is 3. The lowest BCUT2D eigenvalue weighted by Gasteiger charge is -2.15. The van der Waals surface area contributed by atoms with Gasteiger partial charge in [-0.1, -0.05) is 23.8 Å². The summed E-state index contributed by atoms with van der Waals surface area (Å²) in [5, 5.41) is 8.12. The maximum atomic E-state index is 12.1. The summed E-state index contributed by atoms with van der Waals surface area (Å²) in [6.07, 6.45) is 0. The third-order valence-corrected chi connectivity index (χ3v) is 4.14. The fraction of sp³-hybridized carbons (Fsp3) is 0.222. The molecule has 0 heterocycles. The van der Waals surface area contributed by atoms with Crippen LogP contribution in [-0.4, -0.2) is 18.0 Å². The van der Waals surface area contributed by atoms with Crippen LogP contribution in [0.1, 0.15) is 18.1 Å². The summed E-state index contributed by atoms with van der Waals surface area (Å²) in [4.78, 5) is 24.1. The molecule has 0 aliphatic heterocycles. The average Bonchev–Trinajstić information content (AvgIpc) is 2.50. The van der Waals surface area contributed by atoms with Gasteiger partial charge in [0.2, 0.25) is 5.91 Å². The van der Waals surface area contributed by atoms with Crippen molar-refractivity contribution in [1.29, 1.82) is 0 Å². The Hall–Kier alpha value is -2.09. The number of rotatable bonds is 4. The number of anilines is 2. The van der Waals surface area contributed by atoms with Crippen LogP contribution in [0.15, 0.2) is 42.5 Å². The Kier molecular flexibility index (Phi) is 6.19. The van der Waals surface area contributed by atoms with Crippen LogP contribution in [0.3, 0.4) is 0 Å². The van der Waals surface area contributed by atoms with E-state index in [0.29, 0.717) is 5.69 Å². The Balaban J connectivity index is 1.92. The van der Waals surface area contributed by atoms with Crippen LogP contribution < -0.4 is 16.0 Å². The molecular weight excluding hydrogens is 417 g/mol. The number of carbonyl (C=O) groups excluding carboxylic acids is 2. The summed E-state index contributed by atoms with van der Waals surface area (Å²) in [6, 6.07) is 12.3. The van der Waals surface area contributed by atoms with Crippen LogP contribution >= 0.6 is 22.6 Å². The molecule has 126 valence electrons. The molecule has 0 aromatic heterocycles. The summed E-state index contributed by atoms with van der Waals surface area (Å²) in [5.41, 5.74) is 3.58. The standard InChI is InChI=1S/C18H20IN3O2/c1-11-7-8-16(12(2)9-11)21-18(24)22-17(23)13(3)20-15-6-4-5-14(19)10-15/h4-10,13,20H,1-3H3,(H2,21,22,23,24). The van der Waals surface area contributed by atoms with Crippen molar-refractivity contribution in [3.05, 3.63) is 57.2 Å². The van der Waals surface area contributed by atoms with E-state index in [1.54, 1.807) is 6.92 Å². The molecule has 0 fully saturated rings. The zero-order valence-electron chi connectivity index (χ0n) is 13.8. The molecule has 6 heteroatoms. The second-order valence-electron chi connectivity index (χ2n) is 5.64. The van der Waals surface area contributed by atoms with Gasteiger partial charge in [-0.25, -0.2) is 4.79 Å². The molecule has 2 rings (SSSR count). The normalized spacial score (nSPS) is 11.5. The molecule has 1 unspecified atom stereocenters. The van der Waals surface area contributed by atoms with E-state index >= 15 is 0 Å². The van der Waals surface area contributed by atoms with Gasteiger partial charge in [-0.15, -0.1) is 0 Å². The number of imide groups is 1. The molecule has 0 saturated carbocycles. The molecule has 2 aromatic rings. The van der Waals surface area contributed by atoms with E-state index in [1.165, 1.54) is 0 Å². The highest BCUT2D eigenvalue weighted by Crippen LogP contribution is 2.16. The Morgan fingerprint density at radius 3 is 2.50 bits per heavy atom. The highest BCUT2D eigenvalue weighted by atomic mass is 127. The summed E-state index contributed by atoms with van der Waals surface area (Å²) in [7, 11) is 0. The zero-order valence-corrected chi connectivity index (χ0v) is 16.0. The van der Waals surface area contributed by atoms with Gasteiger partial charge in [-0.2, -0.15) is 0 Å². The van der Waals surface area contributed by atoms with E-state index in [4.69, 9.17) is 0 Å². The van der Waals surface area contributed by atoms with Gasteiger partial charge in [0.1, 0.15) is 6.04 Å². The number of nitrogens with one attached hydrogen (secondary N) is 3. The van der Waals surface area contributed by atoms with Gasteiger partial charge >= 0.3 is 6.03 Å². The molecule has 3 N–H and O–H groups in total. The number of aryl methyl sites for hydroxylation is 2.